The molecule has 0 aliphatic heterocycles. The van der Waals surface area contributed by atoms with E-state index in [1.165, 1.54) is 430 Å². The van der Waals surface area contributed by atoms with Crippen molar-refractivity contribution in [3.05, 3.63) is 0 Å². The Bertz CT molecular complexity index is 1320. The summed E-state index contributed by atoms with van der Waals surface area (Å²) in [5.74, 6) is 0.00243. The molecule has 0 radical (unpaired) electrons. The largest absolute Gasteiger partial charge is 0.466 e. The van der Waals surface area contributed by atoms with Crippen molar-refractivity contribution >= 4 is 11.9 Å². The average molecular weight is 1270 g/mol. The Hall–Kier alpha value is -1.14. The number of aliphatic hydroxyl groups excluding tert-OH is 2. The van der Waals surface area contributed by atoms with Crippen molar-refractivity contribution in [1.29, 1.82) is 0 Å². The maximum Gasteiger partial charge on any atom is 0.305 e. The first-order valence-corrected chi connectivity index (χ1v) is 42.3. The average Bonchev–Trinajstić information content (AvgIpc) is 3.63. The van der Waals surface area contributed by atoms with Crippen LogP contribution >= 0.6 is 0 Å². The van der Waals surface area contributed by atoms with Gasteiger partial charge in [-0.1, -0.05) is 463 Å². The van der Waals surface area contributed by atoms with E-state index in [9.17, 15) is 19.8 Å². The monoisotopic (exact) mass is 1270 g/mol. The Balaban J connectivity index is 3.32. The molecule has 2 unspecified atom stereocenters. The van der Waals surface area contributed by atoms with Crippen LogP contribution < -0.4 is 5.32 Å². The lowest BCUT2D eigenvalue weighted by atomic mass is 10.0. The molecule has 6 nitrogen and oxygen atoms in total. The molecule has 2 atom stereocenters. The number of carbonyl (C=O) groups is 2. The minimum atomic E-state index is -0.662. The minimum Gasteiger partial charge on any atom is -0.466 e. The summed E-state index contributed by atoms with van der Waals surface area (Å²) in [7, 11) is 0. The fourth-order valence-corrected chi connectivity index (χ4v) is 14.0. The molecule has 0 saturated heterocycles. The first-order valence-electron chi connectivity index (χ1n) is 42.3. The fraction of sp³-hybridized carbons (Fsp3) is 0.976. The van der Waals surface area contributed by atoms with Crippen LogP contribution in [0.3, 0.4) is 0 Å². The van der Waals surface area contributed by atoms with Crippen LogP contribution in [0.25, 0.3) is 0 Å². The number of hydrogen-bond acceptors (Lipinski definition) is 5. The van der Waals surface area contributed by atoms with E-state index in [1.54, 1.807) is 0 Å². The highest BCUT2D eigenvalue weighted by Crippen LogP contribution is 2.21. The van der Waals surface area contributed by atoms with E-state index in [2.05, 4.69) is 19.2 Å². The van der Waals surface area contributed by atoms with Gasteiger partial charge in [0.25, 0.3) is 0 Å². The van der Waals surface area contributed by atoms with Gasteiger partial charge in [0, 0.05) is 12.8 Å². The number of nitrogens with one attached hydrogen (secondary N) is 1. The molecule has 538 valence electrons. The zero-order valence-corrected chi connectivity index (χ0v) is 61.9. The normalized spacial score (nSPS) is 12.4. The number of hydrogen-bond donors (Lipinski definition) is 3. The molecule has 0 aromatic rings. The Labute approximate surface area is 566 Å². The van der Waals surface area contributed by atoms with Crippen LogP contribution in [0.15, 0.2) is 0 Å². The molecular formula is C84H167NO5. The van der Waals surface area contributed by atoms with E-state index in [0.29, 0.717) is 25.9 Å². The summed E-state index contributed by atoms with van der Waals surface area (Å²) in [6.07, 6.45) is 101. The van der Waals surface area contributed by atoms with Crippen molar-refractivity contribution in [1.82, 2.24) is 5.32 Å². The van der Waals surface area contributed by atoms with E-state index in [0.717, 1.165) is 38.5 Å². The molecule has 0 aromatic heterocycles. The summed E-state index contributed by atoms with van der Waals surface area (Å²) in [5.41, 5.74) is 0. The molecule has 0 bridgehead atoms. The van der Waals surface area contributed by atoms with Crippen LogP contribution in [0.1, 0.15) is 502 Å². The number of aliphatic hydroxyl groups is 2. The third kappa shape index (κ3) is 75.9. The molecule has 6 heteroatoms. The Morgan fingerprint density at radius 2 is 0.456 bits per heavy atom. The standard InChI is InChI=1S/C84H167NO5/c1-3-5-7-9-11-13-15-17-19-21-23-24-25-32-35-38-41-44-48-52-56-60-64-68-72-76-82(87)81(80-86)85-83(88)77-73-69-65-61-57-53-49-45-42-39-36-33-30-28-26-27-29-31-34-37-40-43-47-51-55-59-63-67-71-75-79-90-84(89)78-74-70-66-62-58-54-50-46-22-20-18-16-14-12-10-8-6-4-2/h81-82,86-87H,3-80H2,1-2H3,(H,85,88). The maximum absolute atomic E-state index is 12.6. The molecule has 3 N–H and O–H groups in total. The lowest BCUT2D eigenvalue weighted by molar-refractivity contribution is -0.143. The van der Waals surface area contributed by atoms with Crippen LogP contribution in [-0.4, -0.2) is 47.4 Å². The van der Waals surface area contributed by atoms with Gasteiger partial charge in [-0.05, 0) is 25.7 Å². The van der Waals surface area contributed by atoms with E-state index in [-0.39, 0.29) is 18.5 Å². The second-order valence-corrected chi connectivity index (χ2v) is 29.5. The fourth-order valence-electron chi connectivity index (χ4n) is 14.0. The molecule has 0 aliphatic rings. The maximum atomic E-state index is 12.6. The van der Waals surface area contributed by atoms with E-state index >= 15 is 0 Å². The zero-order chi connectivity index (χ0) is 64.9. The van der Waals surface area contributed by atoms with E-state index in [1.807, 2.05) is 0 Å². The van der Waals surface area contributed by atoms with Gasteiger partial charge in [0.05, 0.1) is 25.4 Å². The van der Waals surface area contributed by atoms with Gasteiger partial charge in [-0.2, -0.15) is 0 Å². The molecule has 0 fully saturated rings. The lowest BCUT2D eigenvalue weighted by Crippen LogP contribution is -2.45. The van der Waals surface area contributed by atoms with Gasteiger partial charge in [-0.15, -0.1) is 0 Å². The first kappa shape index (κ1) is 88.9. The lowest BCUT2D eigenvalue weighted by Gasteiger charge is -2.22. The van der Waals surface area contributed by atoms with Crippen molar-refractivity contribution in [2.75, 3.05) is 13.2 Å². The molecule has 0 aliphatic carbocycles. The molecule has 90 heavy (non-hydrogen) atoms. The van der Waals surface area contributed by atoms with Gasteiger partial charge in [0.15, 0.2) is 0 Å². The van der Waals surface area contributed by atoms with Crippen molar-refractivity contribution in [3.8, 4) is 0 Å². The molecule has 0 saturated carbocycles. The quantitative estimate of drug-likeness (QED) is 0.0417. The Kier molecular flexibility index (Phi) is 79.3. The number of ether oxygens (including phenoxy) is 1. The molecule has 0 aromatic carbocycles. The van der Waals surface area contributed by atoms with Crippen LogP contribution in [0.4, 0.5) is 0 Å². The van der Waals surface area contributed by atoms with Gasteiger partial charge in [-0.25, -0.2) is 0 Å². The summed E-state index contributed by atoms with van der Waals surface area (Å²) in [4.78, 5) is 24.7. The van der Waals surface area contributed by atoms with Crippen molar-refractivity contribution < 1.29 is 24.5 Å². The minimum absolute atomic E-state index is 0.0240. The van der Waals surface area contributed by atoms with Crippen LogP contribution in [0.2, 0.25) is 0 Å². The Morgan fingerprint density at radius 1 is 0.267 bits per heavy atom. The molecule has 0 rings (SSSR count). The molecular weight excluding hydrogens is 1100 g/mol. The highest BCUT2D eigenvalue weighted by atomic mass is 16.5. The highest BCUT2D eigenvalue weighted by molar-refractivity contribution is 5.76. The van der Waals surface area contributed by atoms with Crippen LogP contribution in [-0.2, 0) is 14.3 Å². The van der Waals surface area contributed by atoms with E-state index in [4.69, 9.17) is 4.74 Å². The number of unbranched alkanes of at least 4 members (excludes halogenated alkanes) is 70. The summed E-state index contributed by atoms with van der Waals surface area (Å²) in [5, 5.41) is 23.5. The Morgan fingerprint density at radius 3 is 0.678 bits per heavy atom. The van der Waals surface area contributed by atoms with Crippen molar-refractivity contribution in [2.45, 2.75) is 514 Å². The van der Waals surface area contributed by atoms with E-state index < -0.39 is 12.1 Å². The predicted molar refractivity (Wildman–Crippen MR) is 398 cm³/mol. The summed E-state index contributed by atoms with van der Waals surface area (Å²) < 4.78 is 5.52. The number of carbonyl (C=O) groups excluding carboxylic acids is 2. The third-order valence-corrected chi connectivity index (χ3v) is 20.4. The number of esters is 1. The molecule has 0 heterocycles. The second kappa shape index (κ2) is 80.3. The van der Waals surface area contributed by atoms with Gasteiger partial charge < -0.3 is 20.3 Å². The smallest absolute Gasteiger partial charge is 0.305 e. The SMILES string of the molecule is CCCCCCCCCCCCCCCCCCCCCCCCCCCC(O)C(CO)NC(=O)CCCCCCCCCCCCCCCCCCCCCCCCCCCCCCCCOC(=O)CCCCCCCCCCCCCCCCCCCC. The van der Waals surface area contributed by atoms with Gasteiger partial charge in [0.2, 0.25) is 5.91 Å². The van der Waals surface area contributed by atoms with Gasteiger partial charge in [0.1, 0.15) is 0 Å². The highest BCUT2D eigenvalue weighted by Gasteiger charge is 2.20. The molecule has 0 spiro atoms. The van der Waals surface area contributed by atoms with Gasteiger partial charge >= 0.3 is 5.97 Å². The topological polar surface area (TPSA) is 95.9 Å². The third-order valence-electron chi connectivity index (χ3n) is 20.4. The summed E-state index contributed by atoms with van der Waals surface area (Å²) in [6.45, 7) is 5.03. The van der Waals surface area contributed by atoms with Crippen molar-refractivity contribution in [2.24, 2.45) is 0 Å². The predicted octanol–water partition coefficient (Wildman–Crippen LogP) is 28.1. The van der Waals surface area contributed by atoms with Crippen LogP contribution in [0, 0.1) is 0 Å². The molecule has 1 amide bonds. The second-order valence-electron chi connectivity index (χ2n) is 29.5. The summed E-state index contributed by atoms with van der Waals surface area (Å²) in [6, 6.07) is -0.539. The first-order chi connectivity index (χ1) is 44.5. The van der Waals surface area contributed by atoms with Crippen molar-refractivity contribution in [3.63, 3.8) is 0 Å². The zero-order valence-electron chi connectivity index (χ0n) is 61.9. The summed E-state index contributed by atoms with van der Waals surface area (Å²) >= 11 is 0. The number of rotatable bonds is 81. The van der Waals surface area contributed by atoms with Crippen LogP contribution in [0.5, 0.6) is 0 Å². The van der Waals surface area contributed by atoms with Gasteiger partial charge in [-0.3, -0.25) is 9.59 Å². The number of amides is 1.